The number of rotatable bonds is 10. The summed E-state index contributed by atoms with van der Waals surface area (Å²) in [7, 11) is 3.16. The lowest BCUT2D eigenvalue weighted by atomic mass is 10.1. The first kappa shape index (κ1) is 32.7. The number of aromatic amines is 2. The van der Waals surface area contributed by atoms with Gasteiger partial charge in [-0.05, 0) is 90.1 Å². The first-order chi connectivity index (χ1) is 21.8. The molecule has 6 aromatic rings. The zero-order valence-electron chi connectivity index (χ0n) is 24.1. The number of aryl methyl sites for hydroxylation is 4. The molecule has 0 radical (unpaired) electrons. The van der Waals surface area contributed by atoms with E-state index in [0.717, 1.165) is 67.2 Å². The van der Waals surface area contributed by atoms with Crippen LogP contribution >= 0.6 is 61.8 Å². The molecule has 0 bridgehead atoms. The topological polar surface area (TPSA) is 106 Å². The van der Waals surface area contributed by atoms with Crippen LogP contribution in [0.2, 0.25) is 8.67 Å². The van der Waals surface area contributed by atoms with Gasteiger partial charge in [0.15, 0.2) is 0 Å². The Morgan fingerprint density at radius 1 is 0.756 bits per heavy atom. The number of hydrogen-bond acceptors (Lipinski definition) is 8. The van der Waals surface area contributed by atoms with Crippen LogP contribution in [0.1, 0.15) is 21.1 Å². The van der Waals surface area contributed by atoms with Gasteiger partial charge in [0.05, 0.1) is 52.0 Å². The number of pyridine rings is 2. The number of aromatic nitrogens is 6. The lowest BCUT2D eigenvalue weighted by Crippen LogP contribution is -1.91. The van der Waals surface area contributed by atoms with Crippen molar-refractivity contribution >= 4 is 67.5 Å². The summed E-state index contributed by atoms with van der Waals surface area (Å²) in [5.41, 5.74) is 5.66. The Kier molecular flexibility index (Phi) is 11.3. The van der Waals surface area contributed by atoms with Gasteiger partial charge in [-0.2, -0.15) is 10.2 Å². The van der Waals surface area contributed by atoms with Gasteiger partial charge in [0.25, 0.3) is 0 Å². The molecule has 0 saturated carbocycles. The predicted octanol–water partition coefficient (Wildman–Crippen LogP) is 9.27. The Labute approximate surface area is 286 Å². The predicted molar refractivity (Wildman–Crippen MR) is 184 cm³/mol. The van der Waals surface area contributed by atoms with Gasteiger partial charge < -0.3 is 9.47 Å². The van der Waals surface area contributed by atoms with E-state index in [1.54, 1.807) is 49.2 Å². The van der Waals surface area contributed by atoms with Crippen molar-refractivity contribution in [2.24, 2.45) is 0 Å². The molecular weight excluding hydrogens is 717 g/mol. The Hall–Kier alpha value is -3.73. The molecule has 14 heteroatoms. The molecule has 0 aliphatic carbocycles. The average Bonchev–Trinajstić information content (AvgIpc) is 3.87. The maximum atomic E-state index is 7.11. The molecule has 2 N–H and O–H groups in total. The second-order valence-corrected chi connectivity index (χ2v) is 14.1. The van der Waals surface area contributed by atoms with Gasteiger partial charge in [-0.1, -0.05) is 23.2 Å². The minimum absolute atomic E-state index is 0.457. The van der Waals surface area contributed by atoms with E-state index in [2.05, 4.69) is 57.2 Å². The third kappa shape index (κ3) is 8.71. The van der Waals surface area contributed by atoms with Crippen LogP contribution < -0.4 is 9.47 Å². The summed E-state index contributed by atoms with van der Waals surface area (Å²) in [5, 5.41) is 14.8. The van der Waals surface area contributed by atoms with Crippen LogP contribution in [-0.4, -0.2) is 44.6 Å². The fraction of sp³-hybridized carbons (Fsp3) is 0.194. The Bertz CT molecular complexity index is 1930. The first-order valence-corrected chi connectivity index (χ1v) is 16.7. The fourth-order valence-corrected chi connectivity index (χ4v) is 6.87. The maximum absolute atomic E-state index is 7.11. The van der Waals surface area contributed by atoms with Crippen molar-refractivity contribution in [3.05, 3.63) is 107 Å². The molecule has 0 aliphatic rings. The van der Waals surface area contributed by atoms with E-state index in [4.69, 9.17) is 39.2 Å². The van der Waals surface area contributed by atoms with Crippen LogP contribution in [-0.2, 0) is 25.7 Å². The quantitative estimate of drug-likeness (QED) is 0.136. The van der Waals surface area contributed by atoms with E-state index in [1.807, 2.05) is 36.4 Å². The summed E-state index contributed by atoms with van der Waals surface area (Å²) < 4.78 is 13.1. The van der Waals surface area contributed by atoms with E-state index in [-0.39, 0.29) is 0 Å². The van der Waals surface area contributed by atoms with Crippen LogP contribution in [0.5, 0.6) is 11.8 Å². The van der Waals surface area contributed by atoms with Crippen molar-refractivity contribution in [3.8, 4) is 34.3 Å². The number of nitrogens with one attached hydrogen (secondary N) is 2. The van der Waals surface area contributed by atoms with Crippen LogP contribution in [0.15, 0.2) is 65.4 Å². The molecular formula is C31H26BrCl2N7O2S2. The molecule has 0 fully saturated rings. The van der Waals surface area contributed by atoms with E-state index in [1.165, 1.54) is 16.0 Å². The van der Waals surface area contributed by atoms with E-state index in [9.17, 15) is 0 Å². The molecule has 0 spiro atoms. The third-order valence-electron chi connectivity index (χ3n) is 6.52. The summed E-state index contributed by atoms with van der Waals surface area (Å²) in [4.78, 5) is 14.3. The maximum Gasteiger partial charge on any atom is 0.222 e. The Balaban J connectivity index is 0.000000178. The molecule has 230 valence electrons. The minimum atomic E-state index is 0.457. The fourth-order valence-electron chi connectivity index (χ4n) is 4.36. The number of halogens is 3. The zero-order chi connectivity index (χ0) is 31.8. The van der Waals surface area contributed by atoms with Gasteiger partial charge in [0.1, 0.15) is 0 Å². The number of thiophene rings is 2. The average molecular weight is 744 g/mol. The number of hydrogen-bond donors (Lipinski definition) is 2. The smallest absolute Gasteiger partial charge is 0.222 e. The van der Waals surface area contributed by atoms with Gasteiger partial charge >= 0.3 is 0 Å². The van der Waals surface area contributed by atoms with Crippen LogP contribution in [0.4, 0.5) is 5.69 Å². The van der Waals surface area contributed by atoms with Crippen LogP contribution in [0.25, 0.3) is 27.4 Å². The lowest BCUT2D eigenvalue weighted by molar-refractivity contribution is 0.399. The molecule has 0 unspecified atom stereocenters. The van der Waals surface area contributed by atoms with Crippen molar-refractivity contribution in [1.29, 1.82) is 0 Å². The Morgan fingerprint density at radius 3 is 1.73 bits per heavy atom. The highest BCUT2D eigenvalue weighted by Gasteiger charge is 2.14. The molecule has 6 aromatic heterocycles. The monoisotopic (exact) mass is 741 g/mol. The largest absolute Gasteiger partial charge is 0.481 e. The molecule has 6 rings (SSSR count). The molecule has 0 atom stereocenters. The van der Waals surface area contributed by atoms with Gasteiger partial charge in [0, 0.05) is 38.0 Å². The molecule has 9 nitrogen and oxygen atoms in total. The van der Waals surface area contributed by atoms with Crippen molar-refractivity contribution in [1.82, 2.24) is 30.4 Å². The van der Waals surface area contributed by atoms with Gasteiger partial charge in [-0.25, -0.2) is 14.8 Å². The van der Waals surface area contributed by atoms with Crippen molar-refractivity contribution in [2.45, 2.75) is 25.7 Å². The summed E-state index contributed by atoms with van der Waals surface area (Å²) in [5.74, 6) is 1.02. The zero-order valence-corrected chi connectivity index (χ0v) is 28.8. The number of H-pyrrole nitrogens is 2. The summed E-state index contributed by atoms with van der Waals surface area (Å²) in [6.45, 7) is 7.11. The van der Waals surface area contributed by atoms with Gasteiger partial charge in [-0.15, -0.1) is 22.7 Å². The lowest BCUT2D eigenvalue weighted by Gasteiger charge is -2.04. The molecule has 6 heterocycles. The molecule has 0 amide bonds. The summed E-state index contributed by atoms with van der Waals surface area (Å²) >= 11 is 18.5. The number of methoxy groups -OCH3 is 2. The molecule has 45 heavy (non-hydrogen) atoms. The van der Waals surface area contributed by atoms with Crippen LogP contribution in [0.3, 0.4) is 0 Å². The first-order valence-electron chi connectivity index (χ1n) is 13.5. The molecule has 0 aliphatic heterocycles. The van der Waals surface area contributed by atoms with Gasteiger partial charge in [-0.3, -0.25) is 10.2 Å². The normalized spacial score (nSPS) is 10.7. The van der Waals surface area contributed by atoms with Crippen molar-refractivity contribution in [3.63, 3.8) is 0 Å². The van der Waals surface area contributed by atoms with E-state index >= 15 is 0 Å². The highest BCUT2D eigenvalue weighted by Crippen LogP contribution is 2.32. The van der Waals surface area contributed by atoms with Crippen molar-refractivity contribution < 1.29 is 9.47 Å². The van der Waals surface area contributed by atoms with Crippen molar-refractivity contribution in [2.75, 3.05) is 14.2 Å². The van der Waals surface area contributed by atoms with Crippen LogP contribution in [0, 0.1) is 6.57 Å². The SMILES string of the molecule is COc1ncc(Br)cc1-c1cc(CCc2ccc(Cl)s2)[nH]n1.[C-]#[N+]c1cnc(OC)c(-c2cc(CCc3ccc(Cl)s3)[nH]n2)c1. The third-order valence-corrected chi connectivity index (χ3v) is 9.54. The molecule has 0 aromatic carbocycles. The van der Waals surface area contributed by atoms with E-state index < -0.39 is 0 Å². The second kappa shape index (κ2) is 15.5. The summed E-state index contributed by atoms with van der Waals surface area (Å²) in [6.07, 6.45) is 6.75. The van der Waals surface area contributed by atoms with Gasteiger partial charge in [0.2, 0.25) is 17.4 Å². The highest BCUT2D eigenvalue weighted by atomic mass is 79.9. The molecule has 0 saturated heterocycles. The number of nitrogens with zero attached hydrogens (tertiary/aromatic N) is 5. The number of ether oxygens (including phenoxy) is 2. The second-order valence-electron chi connectivity index (χ2n) is 9.54. The minimum Gasteiger partial charge on any atom is -0.481 e. The highest BCUT2D eigenvalue weighted by molar-refractivity contribution is 9.10. The summed E-state index contributed by atoms with van der Waals surface area (Å²) in [6, 6.07) is 15.6. The standard InChI is InChI=1S/C16H13ClN4OS.C15H13BrClN3OS/c1-18-11-7-13(16(22-2)19-9-11)14-8-10(20-21-14)3-4-12-5-6-15(17)23-12;1-21-15-12(6-9(16)8-18-15)13-7-10(19-20-13)2-3-11-4-5-14(17)22-11/h5-9H,3-4H2,2H3,(H,20,21);4-8H,2-3H2,1H3,(H,19,20). The van der Waals surface area contributed by atoms with E-state index in [0.29, 0.717) is 23.0 Å². The Morgan fingerprint density at radius 2 is 1.27 bits per heavy atom.